The first-order valence-corrected chi connectivity index (χ1v) is 7.91. The molecule has 0 spiro atoms. The fraction of sp³-hybridized carbons (Fsp3) is 0. The topological polar surface area (TPSA) is 17.8 Å². The normalized spacial score (nSPS) is 11.0. The molecule has 4 rings (SSSR count). The van der Waals surface area contributed by atoms with Gasteiger partial charge in [-0.15, -0.1) is 0 Å². The standard InChI is InChI=1S/C19H13BrN2/c20-15-8-6-7-14(13-15)19-17-11-4-5-12-18(17)22(21-19)16-9-2-1-3-10-16/h1-13H. The molecule has 0 atom stereocenters. The number of benzene rings is 3. The Bertz CT molecular complexity index is 942. The van der Waals surface area contributed by atoms with Gasteiger partial charge in [0.25, 0.3) is 0 Å². The Morgan fingerprint density at radius 3 is 2.36 bits per heavy atom. The van der Waals surface area contributed by atoms with Gasteiger partial charge in [0.05, 0.1) is 11.2 Å². The van der Waals surface area contributed by atoms with Crippen LogP contribution >= 0.6 is 15.9 Å². The largest absolute Gasteiger partial charge is 0.232 e. The maximum atomic E-state index is 4.87. The van der Waals surface area contributed by atoms with E-state index in [0.29, 0.717) is 0 Å². The molecule has 1 aromatic heterocycles. The Hall–Kier alpha value is -2.39. The van der Waals surface area contributed by atoms with Crippen LogP contribution in [0.25, 0.3) is 27.8 Å². The van der Waals surface area contributed by atoms with Gasteiger partial charge < -0.3 is 0 Å². The zero-order chi connectivity index (χ0) is 14.9. The van der Waals surface area contributed by atoms with Crippen LogP contribution < -0.4 is 0 Å². The second-order valence-corrected chi connectivity index (χ2v) is 6.04. The Balaban J connectivity index is 2.01. The van der Waals surface area contributed by atoms with Crippen molar-refractivity contribution >= 4 is 26.8 Å². The van der Waals surface area contributed by atoms with E-state index in [0.717, 1.165) is 32.3 Å². The third kappa shape index (κ3) is 2.24. The maximum Gasteiger partial charge on any atom is 0.101 e. The van der Waals surface area contributed by atoms with Crippen molar-refractivity contribution in [3.8, 4) is 16.9 Å². The first kappa shape index (κ1) is 13.3. The van der Waals surface area contributed by atoms with Gasteiger partial charge in [0.2, 0.25) is 0 Å². The minimum absolute atomic E-state index is 1.00. The first-order chi connectivity index (χ1) is 10.8. The van der Waals surface area contributed by atoms with Crippen LogP contribution in [0.3, 0.4) is 0 Å². The Labute approximate surface area is 137 Å². The Morgan fingerprint density at radius 1 is 0.773 bits per heavy atom. The first-order valence-electron chi connectivity index (χ1n) is 7.12. The number of fused-ring (bicyclic) bond motifs is 1. The van der Waals surface area contributed by atoms with E-state index in [4.69, 9.17) is 5.10 Å². The van der Waals surface area contributed by atoms with Crippen LogP contribution in [-0.4, -0.2) is 9.78 Å². The molecule has 3 heteroatoms. The van der Waals surface area contributed by atoms with Crippen molar-refractivity contribution in [3.05, 3.63) is 83.3 Å². The molecule has 0 fully saturated rings. The molecular formula is C19H13BrN2. The molecule has 0 radical (unpaired) electrons. The summed E-state index contributed by atoms with van der Waals surface area (Å²) in [5.74, 6) is 0. The van der Waals surface area contributed by atoms with Crippen molar-refractivity contribution in [2.24, 2.45) is 0 Å². The van der Waals surface area contributed by atoms with Gasteiger partial charge in [0, 0.05) is 15.4 Å². The summed E-state index contributed by atoms with van der Waals surface area (Å²) in [6, 6.07) is 26.8. The van der Waals surface area contributed by atoms with Gasteiger partial charge in [-0.1, -0.05) is 64.5 Å². The zero-order valence-corrected chi connectivity index (χ0v) is 13.4. The lowest BCUT2D eigenvalue weighted by molar-refractivity contribution is 0.915. The van der Waals surface area contributed by atoms with Crippen LogP contribution in [-0.2, 0) is 0 Å². The molecule has 0 N–H and O–H groups in total. The van der Waals surface area contributed by atoms with Crippen LogP contribution in [0, 0.1) is 0 Å². The fourth-order valence-electron chi connectivity index (χ4n) is 2.68. The highest BCUT2D eigenvalue weighted by atomic mass is 79.9. The molecule has 22 heavy (non-hydrogen) atoms. The Morgan fingerprint density at radius 2 is 1.55 bits per heavy atom. The highest BCUT2D eigenvalue weighted by Gasteiger charge is 2.12. The monoisotopic (exact) mass is 348 g/mol. The van der Waals surface area contributed by atoms with Crippen molar-refractivity contribution in [1.82, 2.24) is 9.78 Å². The van der Waals surface area contributed by atoms with Crippen LogP contribution in [0.1, 0.15) is 0 Å². The van der Waals surface area contributed by atoms with Gasteiger partial charge in [-0.25, -0.2) is 4.68 Å². The van der Waals surface area contributed by atoms with Gasteiger partial charge in [-0.05, 0) is 30.3 Å². The molecule has 0 aliphatic rings. The molecule has 0 saturated heterocycles. The van der Waals surface area contributed by atoms with Crippen molar-refractivity contribution in [1.29, 1.82) is 0 Å². The third-order valence-corrected chi connectivity index (χ3v) is 4.18. The highest BCUT2D eigenvalue weighted by molar-refractivity contribution is 9.10. The van der Waals surface area contributed by atoms with E-state index in [2.05, 4.69) is 58.4 Å². The number of hydrogen-bond donors (Lipinski definition) is 0. The fourth-order valence-corrected chi connectivity index (χ4v) is 3.08. The molecule has 0 bridgehead atoms. The summed E-state index contributed by atoms with van der Waals surface area (Å²) >= 11 is 3.54. The van der Waals surface area contributed by atoms with Crippen molar-refractivity contribution in [2.75, 3.05) is 0 Å². The number of aromatic nitrogens is 2. The summed E-state index contributed by atoms with van der Waals surface area (Å²) in [6.45, 7) is 0. The molecule has 0 aliphatic heterocycles. The van der Waals surface area contributed by atoms with E-state index in [-0.39, 0.29) is 0 Å². The van der Waals surface area contributed by atoms with E-state index in [1.807, 2.05) is 41.1 Å². The predicted octanol–water partition coefficient (Wildman–Crippen LogP) is 5.46. The summed E-state index contributed by atoms with van der Waals surface area (Å²) in [6.07, 6.45) is 0. The average Bonchev–Trinajstić information content (AvgIpc) is 2.95. The van der Waals surface area contributed by atoms with E-state index in [1.165, 1.54) is 0 Å². The van der Waals surface area contributed by atoms with Crippen LogP contribution in [0.4, 0.5) is 0 Å². The number of rotatable bonds is 2. The molecule has 0 unspecified atom stereocenters. The van der Waals surface area contributed by atoms with Gasteiger partial charge in [0.15, 0.2) is 0 Å². The van der Waals surface area contributed by atoms with Gasteiger partial charge in [-0.2, -0.15) is 5.10 Å². The summed E-state index contributed by atoms with van der Waals surface area (Å²) in [7, 11) is 0. The van der Waals surface area contributed by atoms with Crippen molar-refractivity contribution in [3.63, 3.8) is 0 Å². The Kier molecular flexibility index (Phi) is 3.28. The molecule has 0 amide bonds. The lowest BCUT2D eigenvalue weighted by Crippen LogP contribution is -1.95. The SMILES string of the molecule is Brc1cccc(-c2nn(-c3ccccc3)c3ccccc23)c1. The second-order valence-electron chi connectivity index (χ2n) is 5.12. The lowest BCUT2D eigenvalue weighted by atomic mass is 10.1. The van der Waals surface area contributed by atoms with Crippen LogP contribution in [0.15, 0.2) is 83.3 Å². The van der Waals surface area contributed by atoms with Crippen LogP contribution in [0.2, 0.25) is 0 Å². The minimum Gasteiger partial charge on any atom is -0.232 e. The maximum absolute atomic E-state index is 4.87. The number of para-hydroxylation sites is 2. The summed E-state index contributed by atoms with van der Waals surface area (Å²) in [4.78, 5) is 0. The average molecular weight is 349 g/mol. The highest BCUT2D eigenvalue weighted by Crippen LogP contribution is 2.30. The van der Waals surface area contributed by atoms with Gasteiger partial charge >= 0.3 is 0 Å². The molecule has 4 aromatic rings. The summed E-state index contributed by atoms with van der Waals surface area (Å²) < 4.78 is 3.06. The van der Waals surface area contributed by atoms with E-state index < -0.39 is 0 Å². The molecule has 3 aromatic carbocycles. The van der Waals surface area contributed by atoms with Gasteiger partial charge in [0.1, 0.15) is 5.69 Å². The lowest BCUT2D eigenvalue weighted by Gasteiger charge is -2.02. The molecule has 0 aliphatic carbocycles. The number of halogens is 1. The minimum atomic E-state index is 1.00. The number of nitrogens with zero attached hydrogens (tertiary/aromatic N) is 2. The summed E-state index contributed by atoms with van der Waals surface area (Å²) in [5, 5.41) is 6.02. The van der Waals surface area contributed by atoms with E-state index >= 15 is 0 Å². The predicted molar refractivity (Wildman–Crippen MR) is 94.2 cm³/mol. The van der Waals surface area contributed by atoms with E-state index in [1.54, 1.807) is 0 Å². The zero-order valence-electron chi connectivity index (χ0n) is 11.8. The quantitative estimate of drug-likeness (QED) is 0.470. The van der Waals surface area contributed by atoms with Crippen molar-refractivity contribution in [2.45, 2.75) is 0 Å². The van der Waals surface area contributed by atoms with Crippen molar-refractivity contribution < 1.29 is 0 Å². The molecular weight excluding hydrogens is 336 g/mol. The van der Waals surface area contributed by atoms with E-state index in [9.17, 15) is 0 Å². The molecule has 106 valence electrons. The summed E-state index contributed by atoms with van der Waals surface area (Å²) in [5.41, 5.74) is 4.30. The molecule has 0 saturated carbocycles. The van der Waals surface area contributed by atoms with Gasteiger partial charge in [-0.3, -0.25) is 0 Å². The van der Waals surface area contributed by atoms with Crippen LogP contribution in [0.5, 0.6) is 0 Å². The number of hydrogen-bond acceptors (Lipinski definition) is 1. The smallest absolute Gasteiger partial charge is 0.101 e. The molecule has 2 nitrogen and oxygen atoms in total. The molecule has 1 heterocycles. The third-order valence-electron chi connectivity index (χ3n) is 3.69. The second kappa shape index (κ2) is 5.43.